The highest BCUT2D eigenvalue weighted by atomic mass is 16.5. The Kier molecular flexibility index (Phi) is 8.71. The number of nitrogens with zero attached hydrogens (tertiary/aromatic N) is 1. The molecule has 0 aromatic heterocycles. The number of hydrogen-bond acceptors (Lipinski definition) is 3. The molecule has 0 fully saturated rings. The number of hydrogen-bond donors (Lipinski definition) is 1. The van der Waals surface area contributed by atoms with Crippen molar-refractivity contribution in [3.8, 4) is 5.75 Å². The number of ether oxygens (including phenoxy) is 1. The third-order valence-electron chi connectivity index (χ3n) is 4.90. The van der Waals surface area contributed by atoms with Crippen LogP contribution in [0.15, 0.2) is 48.5 Å². The third-order valence-corrected chi connectivity index (χ3v) is 4.90. The van der Waals surface area contributed by atoms with Crippen molar-refractivity contribution in [3.63, 3.8) is 0 Å². The molecule has 0 spiro atoms. The maximum absolute atomic E-state index is 13.2. The summed E-state index contributed by atoms with van der Waals surface area (Å²) in [5.74, 6) is 0.571. The second kappa shape index (κ2) is 11.2. The maximum Gasteiger partial charge on any atom is 0.242 e. The predicted molar refractivity (Wildman–Crippen MR) is 116 cm³/mol. The smallest absolute Gasteiger partial charge is 0.242 e. The zero-order valence-corrected chi connectivity index (χ0v) is 17.9. The number of rotatable bonds is 10. The van der Waals surface area contributed by atoms with Gasteiger partial charge in [0.1, 0.15) is 11.8 Å². The Balaban J connectivity index is 2.27. The summed E-state index contributed by atoms with van der Waals surface area (Å²) in [6.07, 6.45) is 1.68. The monoisotopic (exact) mass is 396 g/mol. The van der Waals surface area contributed by atoms with Crippen molar-refractivity contribution in [1.29, 1.82) is 0 Å². The van der Waals surface area contributed by atoms with E-state index >= 15 is 0 Å². The minimum atomic E-state index is -0.509. The first-order valence-corrected chi connectivity index (χ1v) is 10.2. The van der Waals surface area contributed by atoms with E-state index < -0.39 is 6.04 Å². The van der Waals surface area contributed by atoms with Crippen molar-refractivity contribution in [2.75, 3.05) is 13.7 Å². The minimum Gasteiger partial charge on any atom is -0.497 e. The standard InChI is InChI=1S/C24H32N2O3/c1-5-14-25-24(28)22(6-2)26(17-20-8-7-9-21(15-20)29-4)23(27)16-19-12-10-18(3)11-13-19/h7-13,15,22H,5-6,14,16-17H2,1-4H3,(H,25,28)/t22-/m0/s1. The Bertz CT molecular complexity index is 802. The van der Waals surface area contributed by atoms with E-state index in [1.165, 1.54) is 0 Å². The van der Waals surface area contributed by atoms with Crippen molar-refractivity contribution in [2.24, 2.45) is 0 Å². The summed E-state index contributed by atoms with van der Waals surface area (Å²) >= 11 is 0. The maximum atomic E-state index is 13.2. The normalized spacial score (nSPS) is 11.6. The van der Waals surface area contributed by atoms with E-state index in [2.05, 4.69) is 5.32 Å². The molecule has 1 atom stereocenters. The van der Waals surface area contributed by atoms with Crippen LogP contribution < -0.4 is 10.1 Å². The van der Waals surface area contributed by atoms with E-state index in [1.54, 1.807) is 12.0 Å². The van der Waals surface area contributed by atoms with Gasteiger partial charge in [0.2, 0.25) is 11.8 Å². The molecule has 29 heavy (non-hydrogen) atoms. The van der Waals surface area contributed by atoms with Crippen LogP contribution >= 0.6 is 0 Å². The lowest BCUT2D eigenvalue weighted by Gasteiger charge is -2.31. The second-order valence-electron chi connectivity index (χ2n) is 7.25. The van der Waals surface area contributed by atoms with Gasteiger partial charge in [0, 0.05) is 13.1 Å². The summed E-state index contributed by atoms with van der Waals surface area (Å²) in [7, 11) is 1.62. The number of nitrogens with one attached hydrogen (secondary N) is 1. The van der Waals surface area contributed by atoms with Crippen molar-refractivity contribution in [1.82, 2.24) is 10.2 Å². The van der Waals surface area contributed by atoms with Crippen molar-refractivity contribution in [3.05, 3.63) is 65.2 Å². The molecule has 0 saturated carbocycles. The van der Waals surface area contributed by atoms with Gasteiger partial charge < -0.3 is 15.0 Å². The van der Waals surface area contributed by atoms with Gasteiger partial charge in [0.05, 0.1) is 13.5 Å². The van der Waals surface area contributed by atoms with Gasteiger partial charge in [-0.3, -0.25) is 9.59 Å². The van der Waals surface area contributed by atoms with Gasteiger partial charge in [-0.1, -0.05) is 55.8 Å². The number of benzene rings is 2. The first kappa shape index (κ1) is 22.5. The summed E-state index contributed by atoms with van der Waals surface area (Å²) < 4.78 is 5.31. The molecular formula is C24H32N2O3. The van der Waals surface area contributed by atoms with Crippen LogP contribution in [-0.4, -0.2) is 36.4 Å². The van der Waals surface area contributed by atoms with Gasteiger partial charge in [-0.2, -0.15) is 0 Å². The first-order chi connectivity index (χ1) is 14.0. The van der Waals surface area contributed by atoms with Gasteiger partial charge >= 0.3 is 0 Å². The van der Waals surface area contributed by atoms with E-state index in [9.17, 15) is 9.59 Å². The van der Waals surface area contributed by atoms with E-state index in [4.69, 9.17) is 4.74 Å². The van der Waals surface area contributed by atoms with Crippen molar-refractivity contribution >= 4 is 11.8 Å². The van der Waals surface area contributed by atoms with Crippen LogP contribution in [0.4, 0.5) is 0 Å². The van der Waals surface area contributed by atoms with E-state index in [-0.39, 0.29) is 18.2 Å². The molecule has 2 aromatic carbocycles. The van der Waals surface area contributed by atoms with Gasteiger partial charge in [-0.25, -0.2) is 0 Å². The van der Waals surface area contributed by atoms with Gasteiger partial charge in [-0.05, 0) is 43.0 Å². The van der Waals surface area contributed by atoms with Gasteiger partial charge in [-0.15, -0.1) is 0 Å². The molecule has 2 amide bonds. The van der Waals surface area contributed by atoms with E-state index in [0.29, 0.717) is 19.5 Å². The summed E-state index contributed by atoms with van der Waals surface area (Å²) in [5.41, 5.74) is 3.03. The highest BCUT2D eigenvalue weighted by Gasteiger charge is 2.28. The highest BCUT2D eigenvalue weighted by molar-refractivity contribution is 5.88. The summed E-state index contributed by atoms with van der Waals surface area (Å²) in [4.78, 5) is 27.7. The molecule has 0 aliphatic carbocycles. The zero-order valence-electron chi connectivity index (χ0n) is 17.9. The molecule has 0 saturated heterocycles. The van der Waals surface area contributed by atoms with Crippen LogP contribution in [0, 0.1) is 6.92 Å². The largest absolute Gasteiger partial charge is 0.497 e. The van der Waals surface area contributed by atoms with Crippen LogP contribution in [0.5, 0.6) is 5.75 Å². The van der Waals surface area contributed by atoms with Crippen molar-refractivity contribution in [2.45, 2.75) is 52.6 Å². The Hall–Kier alpha value is -2.82. The lowest BCUT2D eigenvalue weighted by molar-refractivity contribution is -0.140. The molecular weight excluding hydrogens is 364 g/mol. The third kappa shape index (κ3) is 6.63. The SMILES string of the molecule is CCCNC(=O)[C@H](CC)N(Cc1cccc(OC)c1)C(=O)Cc1ccc(C)cc1. The molecule has 5 nitrogen and oxygen atoms in total. The Morgan fingerprint density at radius 3 is 2.41 bits per heavy atom. The van der Waals surface area contributed by atoms with Crippen LogP contribution in [0.25, 0.3) is 0 Å². The zero-order chi connectivity index (χ0) is 21.2. The molecule has 0 heterocycles. The van der Waals surface area contributed by atoms with Crippen LogP contribution in [-0.2, 0) is 22.6 Å². The molecule has 0 radical (unpaired) electrons. The number of carbonyl (C=O) groups is 2. The highest BCUT2D eigenvalue weighted by Crippen LogP contribution is 2.18. The number of aryl methyl sites for hydroxylation is 1. The van der Waals surface area contributed by atoms with Crippen LogP contribution in [0.3, 0.4) is 0 Å². The second-order valence-corrected chi connectivity index (χ2v) is 7.25. The number of carbonyl (C=O) groups excluding carboxylic acids is 2. The average Bonchev–Trinajstić information content (AvgIpc) is 2.73. The summed E-state index contributed by atoms with van der Waals surface area (Å²) in [6, 6.07) is 15.0. The van der Waals surface area contributed by atoms with Gasteiger partial charge in [0.25, 0.3) is 0 Å². The molecule has 0 bridgehead atoms. The lowest BCUT2D eigenvalue weighted by Crippen LogP contribution is -2.49. The van der Waals surface area contributed by atoms with E-state index in [1.807, 2.05) is 69.3 Å². The summed E-state index contributed by atoms with van der Waals surface area (Å²) in [5, 5.41) is 2.94. The molecule has 5 heteroatoms. The molecule has 2 rings (SSSR count). The Morgan fingerprint density at radius 1 is 1.07 bits per heavy atom. The lowest BCUT2D eigenvalue weighted by atomic mass is 10.1. The van der Waals surface area contributed by atoms with Crippen LogP contribution in [0.2, 0.25) is 0 Å². The van der Waals surface area contributed by atoms with Crippen molar-refractivity contribution < 1.29 is 14.3 Å². The average molecular weight is 397 g/mol. The Labute approximate surface area is 174 Å². The van der Waals surface area contributed by atoms with E-state index in [0.717, 1.165) is 28.9 Å². The topological polar surface area (TPSA) is 58.6 Å². The molecule has 2 aromatic rings. The number of amides is 2. The fraction of sp³-hybridized carbons (Fsp3) is 0.417. The quantitative estimate of drug-likeness (QED) is 0.663. The van der Waals surface area contributed by atoms with Gasteiger partial charge in [0.15, 0.2) is 0 Å². The molecule has 0 aliphatic rings. The molecule has 0 aliphatic heterocycles. The fourth-order valence-electron chi connectivity index (χ4n) is 3.24. The molecule has 1 N–H and O–H groups in total. The number of methoxy groups -OCH3 is 1. The van der Waals surface area contributed by atoms with Crippen LogP contribution in [0.1, 0.15) is 43.4 Å². The summed E-state index contributed by atoms with van der Waals surface area (Å²) in [6.45, 7) is 6.94. The molecule has 0 unspecified atom stereocenters. The predicted octanol–water partition coefficient (Wildman–Crippen LogP) is 3.88. The fourth-order valence-corrected chi connectivity index (χ4v) is 3.24. The first-order valence-electron chi connectivity index (χ1n) is 10.2. The minimum absolute atomic E-state index is 0.0600. The molecule has 156 valence electrons. The Morgan fingerprint density at radius 2 is 1.79 bits per heavy atom.